The van der Waals surface area contributed by atoms with Crippen molar-refractivity contribution in [3.63, 3.8) is 0 Å². The molecule has 1 aliphatic rings. The van der Waals surface area contributed by atoms with E-state index in [1.54, 1.807) is 0 Å². The van der Waals surface area contributed by atoms with E-state index < -0.39 is 0 Å². The summed E-state index contributed by atoms with van der Waals surface area (Å²) in [6.07, 6.45) is 7.80. The highest BCUT2D eigenvalue weighted by Gasteiger charge is 2.20. The van der Waals surface area contributed by atoms with Crippen molar-refractivity contribution in [2.75, 3.05) is 0 Å². The van der Waals surface area contributed by atoms with E-state index in [2.05, 4.69) is 40.2 Å². The van der Waals surface area contributed by atoms with E-state index >= 15 is 0 Å². The molecule has 1 unspecified atom stereocenters. The van der Waals surface area contributed by atoms with Gasteiger partial charge in [0.2, 0.25) is 0 Å². The van der Waals surface area contributed by atoms with Gasteiger partial charge in [0.1, 0.15) is 0 Å². The van der Waals surface area contributed by atoms with E-state index in [-0.39, 0.29) is 0 Å². The molecular formula is C14H20BrN. The Morgan fingerprint density at radius 1 is 1.19 bits per heavy atom. The molecule has 0 aromatic heterocycles. The van der Waals surface area contributed by atoms with Crippen molar-refractivity contribution >= 4 is 15.9 Å². The Bertz CT molecular complexity index is 331. The first-order valence-corrected chi connectivity index (χ1v) is 7.05. The van der Waals surface area contributed by atoms with Crippen LogP contribution in [-0.2, 0) is 6.42 Å². The fraction of sp³-hybridized carbons (Fsp3) is 0.571. The van der Waals surface area contributed by atoms with Gasteiger partial charge < -0.3 is 5.73 Å². The number of hydrogen-bond donors (Lipinski definition) is 1. The van der Waals surface area contributed by atoms with Crippen molar-refractivity contribution < 1.29 is 0 Å². The first-order valence-electron chi connectivity index (χ1n) is 6.26. The fourth-order valence-electron chi connectivity index (χ4n) is 2.65. The molecule has 1 aliphatic carbocycles. The van der Waals surface area contributed by atoms with Gasteiger partial charge in [0.25, 0.3) is 0 Å². The van der Waals surface area contributed by atoms with E-state index in [9.17, 15) is 0 Å². The molecule has 1 saturated carbocycles. The summed E-state index contributed by atoms with van der Waals surface area (Å²) in [5.74, 6) is 0.737. The molecule has 1 aromatic carbocycles. The molecule has 0 heterocycles. The van der Waals surface area contributed by atoms with Crippen LogP contribution >= 0.6 is 15.9 Å². The van der Waals surface area contributed by atoms with E-state index in [4.69, 9.17) is 5.73 Å². The van der Waals surface area contributed by atoms with Crippen LogP contribution in [0, 0.1) is 5.92 Å². The lowest BCUT2D eigenvalue weighted by atomic mass is 9.82. The van der Waals surface area contributed by atoms with Gasteiger partial charge in [-0.3, -0.25) is 0 Å². The minimum atomic E-state index is 0.332. The van der Waals surface area contributed by atoms with Crippen LogP contribution in [0.25, 0.3) is 0 Å². The molecule has 0 amide bonds. The zero-order valence-corrected chi connectivity index (χ0v) is 11.2. The summed E-state index contributed by atoms with van der Waals surface area (Å²) in [5.41, 5.74) is 7.68. The molecule has 88 valence electrons. The molecule has 1 nitrogen and oxygen atoms in total. The second-order valence-electron chi connectivity index (χ2n) is 4.86. The smallest absolute Gasteiger partial charge is 0.0207 e. The Morgan fingerprint density at radius 3 is 2.56 bits per heavy atom. The van der Waals surface area contributed by atoms with Crippen LogP contribution in [0.1, 0.15) is 37.7 Å². The van der Waals surface area contributed by atoms with Gasteiger partial charge in [-0.05, 0) is 36.8 Å². The Labute approximate surface area is 107 Å². The van der Waals surface area contributed by atoms with E-state index in [0.717, 1.165) is 12.3 Å². The normalized spacial score (nSPS) is 19.6. The minimum Gasteiger partial charge on any atom is -0.327 e. The second-order valence-corrected chi connectivity index (χ2v) is 5.71. The molecule has 1 atom stereocenters. The van der Waals surface area contributed by atoms with Gasteiger partial charge in [-0.1, -0.05) is 53.4 Å². The highest BCUT2D eigenvalue weighted by atomic mass is 79.9. The third kappa shape index (κ3) is 3.08. The van der Waals surface area contributed by atoms with Gasteiger partial charge in [-0.2, -0.15) is 0 Å². The largest absolute Gasteiger partial charge is 0.327 e. The maximum absolute atomic E-state index is 6.33. The fourth-order valence-corrected chi connectivity index (χ4v) is 3.09. The lowest BCUT2D eigenvalue weighted by Crippen LogP contribution is -2.33. The van der Waals surface area contributed by atoms with Crippen molar-refractivity contribution in [2.45, 2.75) is 44.6 Å². The van der Waals surface area contributed by atoms with Crippen molar-refractivity contribution in [2.24, 2.45) is 11.7 Å². The van der Waals surface area contributed by atoms with E-state index in [1.807, 2.05) is 0 Å². The lowest BCUT2D eigenvalue weighted by Gasteiger charge is -2.27. The van der Waals surface area contributed by atoms with Gasteiger partial charge in [-0.15, -0.1) is 0 Å². The number of benzene rings is 1. The van der Waals surface area contributed by atoms with Gasteiger partial charge >= 0.3 is 0 Å². The molecule has 0 radical (unpaired) electrons. The van der Waals surface area contributed by atoms with Crippen molar-refractivity contribution in [1.29, 1.82) is 0 Å². The SMILES string of the molecule is NC(Cc1ccccc1Br)C1CCCCC1. The van der Waals surface area contributed by atoms with Crippen molar-refractivity contribution in [3.8, 4) is 0 Å². The number of halogens is 1. The summed E-state index contributed by atoms with van der Waals surface area (Å²) in [5, 5.41) is 0. The standard InChI is InChI=1S/C14H20BrN/c15-13-9-5-4-8-12(13)10-14(16)11-6-2-1-3-7-11/h4-5,8-9,11,14H,1-3,6-7,10,16H2. The third-order valence-electron chi connectivity index (χ3n) is 3.67. The summed E-state index contributed by atoms with van der Waals surface area (Å²) in [7, 11) is 0. The Kier molecular flexibility index (Phi) is 4.42. The average Bonchev–Trinajstić information content (AvgIpc) is 2.33. The van der Waals surface area contributed by atoms with Crippen LogP contribution in [0.2, 0.25) is 0 Å². The van der Waals surface area contributed by atoms with Crippen LogP contribution in [-0.4, -0.2) is 6.04 Å². The van der Waals surface area contributed by atoms with E-state index in [1.165, 1.54) is 42.1 Å². The molecule has 1 fully saturated rings. The van der Waals surface area contributed by atoms with Gasteiger partial charge in [0.05, 0.1) is 0 Å². The molecule has 2 N–H and O–H groups in total. The Balaban J connectivity index is 1.96. The zero-order valence-electron chi connectivity index (χ0n) is 9.66. The zero-order chi connectivity index (χ0) is 11.4. The molecule has 2 rings (SSSR count). The molecule has 0 bridgehead atoms. The van der Waals surface area contributed by atoms with Gasteiger partial charge in [0.15, 0.2) is 0 Å². The van der Waals surface area contributed by atoms with Gasteiger partial charge in [0, 0.05) is 10.5 Å². The van der Waals surface area contributed by atoms with Crippen LogP contribution in [0.4, 0.5) is 0 Å². The van der Waals surface area contributed by atoms with Gasteiger partial charge in [-0.25, -0.2) is 0 Å². The topological polar surface area (TPSA) is 26.0 Å². The second kappa shape index (κ2) is 5.83. The highest BCUT2D eigenvalue weighted by Crippen LogP contribution is 2.28. The summed E-state index contributed by atoms with van der Waals surface area (Å²) in [4.78, 5) is 0. The quantitative estimate of drug-likeness (QED) is 0.894. The third-order valence-corrected chi connectivity index (χ3v) is 4.44. The highest BCUT2D eigenvalue weighted by molar-refractivity contribution is 9.10. The van der Waals surface area contributed by atoms with Crippen LogP contribution in [0.3, 0.4) is 0 Å². The van der Waals surface area contributed by atoms with Crippen LogP contribution in [0.5, 0.6) is 0 Å². The first kappa shape index (κ1) is 12.1. The maximum atomic E-state index is 6.33. The first-order chi connectivity index (χ1) is 7.77. The molecule has 0 spiro atoms. The van der Waals surface area contributed by atoms with Crippen molar-refractivity contribution in [3.05, 3.63) is 34.3 Å². The maximum Gasteiger partial charge on any atom is 0.0207 e. The number of nitrogens with two attached hydrogens (primary N) is 1. The summed E-state index contributed by atoms with van der Waals surface area (Å²) < 4.78 is 1.20. The Morgan fingerprint density at radius 2 is 1.88 bits per heavy atom. The van der Waals surface area contributed by atoms with E-state index in [0.29, 0.717) is 6.04 Å². The minimum absolute atomic E-state index is 0.332. The number of rotatable bonds is 3. The molecule has 2 heteroatoms. The Hall–Kier alpha value is -0.340. The molecule has 1 aromatic rings. The van der Waals surface area contributed by atoms with Crippen LogP contribution < -0.4 is 5.73 Å². The summed E-state index contributed by atoms with van der Waals surface area (Å²) >= 11 is 3.59. The van der Waals surface area contributed by atoms with Crippen molar-refractivity contribution in [1.82, 2.24) is 0 Å². The number of hydrogen-bond acceptors (Lipinski definition) is 1. The lowest BCUT2D eigenvalue weighted by molar-refractivity contribution is 0.303. The monoisotopic (exact) mass is 281 g/mol. The average molecular weight is 282 g/mol. The van der Waals surface area contributed by atoms with Crippen LogP contribution in [0.15, 0.2) is 28.7 Å². The molecule has 0 saturated heterocycles. The predicted molar refractivity (Wildman–Crippen MR) is 72.4 cm³/mol. The molecular weight excluding hydrogens is 262 g/mol. The predicted octanol–water partition coefficient (Wildman–Crippen LogP) is 3.90. The molecule has 16 heavy (non-hydrogen) atoms. The summed E-state index contributed by atoms with van der Waals surface area (Å²) in [6.45, 7) is 0. The molecule has 0 aliphatic heterocycles. The summed E-state index contributed by atoms with van der Waals surface area (Å²) in [6, 6.07) is 8.75.